The van der Waals surface area contributed by atoms with Crippen LogP contribution < -0.4 is 5.32 Å². The third kappa shape index (κ3) is 3.11. The number of benzene rings is 1. The van der Waals surface area contributed by atoms with E-state index in [2.05, 4.69) is 5.32 Å². The van der Waals surface area contributed by atoms with Gasteiger partial charge in [0.1, 0.15) is 11.6 Å². The van der Waals surface area contributed by atoms with Crippen molar-refractivity contribution in [1.29, 1.82) is 0 Å². The van der Waals surface area contributed by atoms with E-state index in [4.69, 9.17) is 0 Å². The van der Waals surface area contributed by atoms with Crippen LogP contribution in [0.5, 0.6) is 0 Å². The number of rotatable bonds is 4. The molecule has 106 valence electrons. The van der Waals surface area contributed by atoms with Crippen molar-refractivity contribution in [2.24, 2.45) is 0 Å². The molecule has 1 aromatic rings. The zero-order chi connectivity index (χ0) is 13.8. The molecule has 1 atom stereocenters. The van der Waals surface area contributed by atoms with Gasteiger partial charge in [-0.05, 0) is 25.0 Å². The van der Waals surface area contributed by atoms with E-state index in [1.54, 1.807) is 6.92 Å². The second-order valence-electron chi connectivity index (χ2n) is 4.91. The van der Waals surface area contributed by atoms with Crippen LogP contribution in [0.15, 0.2) is 12.1 Å². The normalized spacial score (nSPS) is 18.5. The predicted molar refractivity (Wildman–Crippen MR) is 70.0 cm³/mol. The molecule has 2 rings (SSSR count). The summed E-state index contributed by atoms with van der Waals surface area (Å²) in [6, 6.07) is 2.36. The monoisotopic (exact) mass is 270 g/mol. The number of halogens is 2. The van der Waals surface area contributed by atoms with Crippen molar-refractivity contribution in [3.8, 4) is 0 Å². The van der Waals surface area contributed by atoms with Gasteiger partial charge in [0.2, 0.25) is 0 Å². The first-order valence-electron chi connectivity index (χ1n) is 6.65. The molecule has 0 amide bonds. The average molecular weight is 270 g/mol. The molecule has 0 aromatic heterocycles. The smallest absolute Gasteiger partial charge is 0.133 e. The lowest BCUT2D eigenvalue weighted by molar-refractivity contribution is 0.135. The Morgan fingerprint density at radius 3 is 2.63 bits per heavy atom. The minimum Gasteiger partial charge on any atom is -0.396 e. The zero-order valence-electron chi connectivity index (χ0n) is 11.1. The minimum atomic E-state index is -0.528. The summed E-state index contributed by atoms with van der Waals surface area (Å²) in [5.74, 6) is -1.02. The third-order valence-electron chi connectivity index (χ3n) is 3.65. The van der Waals surface area contributed by atoms with Crippen molar-refractivity contribution in [2.75, 3.05) is 32.8 Å². The molecule has 19 heavy (non-hydrogen) atoms. The Hall–Kier alpha value is -1.04. The Kier molecular flexibility index (Phi) is 4.85. The maximum absolute atomic E-state index is 14.2. The van der Waals surface area contributed by atoms with Gasteiger partial charge in [-0.1, -0.05) is 6.07 Å². The predicted octanol–water partition coefficient (Wildman–Crippen LogP) is 1.60. The molecule has 1 aliphatic heterocycles. The molecule has 0 aliphatic carbocycles. The number of hydrogen-bond donors (Lipinski definition) is 2. The second-order valence-corrected chi connectivity index (χ2v) is 4.91. The lowest BCUT2D eigenvalue weighted by Crippen LogP contribution is -2.45. The van der Waals surface area contributed by atoms with Gasteiger partial charge in [0.25, 0.3) is 0 Å². The van der Waals surface area contributed by atoms with Gasteiger partial charge >= 0.3 is 0 Å². The molecule has 3 nitrogen and oxygen atoms in total. The summed E-state index contributed by atoms with van der Waals surface area (Å²) >= 11 is 0. The summed E-state index contributed by atoms with van der Waals surface area (Å²) in [6.45, 7) is 4.62. The molecule has 0 bridgehead atoms. The molecule has 0 unspecified atom stereocenters. The van der Waals surface area contributed by atoms with Crippen molar-refractivity contribution >= 4 is 0 Å². The summed E-state index contributed by atoms with van der Waals surface area (Å²) in [5.41, 5.74) is 0.533. The number of nitrogens with zero attached hydrogens (tertiary/aromatic N) is 1. The minimum absolute atomic E-state index is 0.0819. The largest absolute Gasteiger partial charge is 0.396 e. The van der Waals surface area contributed by atoms with E-state index in [1.165, 1.54) is 12.1 Å². The second kappa shape index (κ2) is 6.41. The molecular formula is C14H20F2N2O. The van der Waals surface area contributed by atoms with Gasteiger partial charge in [-0.2, -0.15) is 0 Å². The van der Waals surface area contributed by atoms with Gasteiger partial charge in [0.15, 0.2) is 0 Å². The molecule has 1 heterocycles. The van der Waals surface area contributed by atoms with Crippen LogP contribution in [0.4, 0.5) is 8.78 Å². The van der Waals surface area contributed by atoms with Crippen molar-refractivity contribution < 1.29 is 13.9 Å². The molecular weight excluding hydrogens is 250 g/mol. The third-order valence-corrected chi connectivity index (χ3v) is 3.65. The molecule has 5 heteroatoms. The van der Waals surface area contributed by atoms with Gasteiger partial charge in [0, 0.05) is 44.4 Å². The number of piperazine rings is 1. The zero-order valence-corrected chi connectivity index (χ0v) is 11.1. The maximum Gasteiger partial charge on any atom is 0.133 e. The maximum atomic E-state index is 14.2. The van der Waals surface area contributed by atoms with Crippen molar-refractivity contribution in [3.05, 3.63) is 34.9 Å². The quantitative estimate of drug-likeness (QED) is 0.872. The van der Waals surface area contributed by atoms with E-state index >= 15 is 0 Å². The van der Waals surface area contributed by atoms with Gasteiger partial charge in [-0.15, -0.1) is 0 Å². The van der Waals surface area contributed by atoms with Crippen LogP contribution in [-0.2, 0) is 0 Å². The van der Waals surface area contributed by atoms with Crippen LogP contribution in [0.2, 0.25) is 0 Å². The van der Waals surface area contributed by atoms with Gasteiger partial charge in [-0.25, -0.2) is 8.78 Å². The highest BCUT2D eigenvalue weighted by Crippen LogP contribution is 2.30. The Labute approximate surface area is 112 Å². The van der Waals surface area contributed by atoms with Gasteiger partial charge in [-0.3, -0.25) is 4.90 Å². The molecule has 0 saturated carbocycles. The summed E-state index contributed by atoms with van der Waals surface area (Å²) in [5, 5.41) is 12.4. The van der Waals surface area contributed by atoms with E-state index in [0.717, 1.165) is 26.2 Å². The van der Waals surface area contributed by atoms with Crippen LogP contribution in [-0.4, -0.2) is 42.8 Å². The van der Waals surface area contributed by atoms with E-state index < -0.39 is 17.7 Å². The number of hydrogen-bond acceptors (Lipinski definition) is 3. The summed E-state index contributed by atoms with van der Waals surface area (Å²) in [4.78, 5) is 2.04. The SMILES string of the molecule is Cc1ccc(F)c([C@H](CCO)N2CCNCC2)c1F. The first kappa shape index (κ1) is 14.4. The fourth-order valence-electron chi connectivity index (χ4n) is 2.61. The first-order chi connectivity index (χ1) is 9.15. The lowest BCUT2D eigenvalue weighted by Gasteiger charge is -2.35. The molecule has 1 fully saturated rings. The van der Waals surface area contributed by atoms with E-state index in [1.807, 2.05) is 4.90 Å². The molecule has 1 aliphatic rings. The Balaban J connectivity index is 2.35. The Bertz CT molecular complexity index is 434. The lowest BCUT2D eigenvalue weighted by atomic mass is 9.98. The summed E-state index contributed by atoms with van der Waals surface area (Å²) in [7, 11) is 0. The highest BCUT2D eigenvalue weighted by Gasteiger charge is 2.27. The summed E-state index contributed by atoms with van der Waals surface area (Å²) in [6.07, 6.45) is 0.345. The van der Waals surface area contributed by atoms with Crippen LogP contribution >= 0.6 is 0 Å². The van der Waals surface area contributed by atoms with E-state index in [9.17, 15) is 13.9 Å². The van der Waals surface area contributed by atoms with Gasteiger partial charge < -0.3 is 10.4 Å². The van der Waals surface area contributed by atoms with E-state index in [-0.39, 0.29) is 12.2 Å². The standard InChI is InChI=1S/C14H20F2N2O/c1-10-2-3-11(15)13(14(10)16)12(4-9-19)18-7-5-17-6-8-18/h2-3,12,17,19H,4-9H2,1H3/t12-/m0/s1. The number of aryl methyl sites for hydroxylation is 1. The van der Waals surface area contributed by atoms with Crippen LogP contribution in [0.1, 0.15) is 23.6 Å². The first-order valence-corrected chi connectivity index (χ1v) is 6.65. The van der Waals surface area contributed by atoms with Crippen LogP contribution in [0.25, 0.3) is 0 Å². The van der Waals surface area contributed by atoms with Crippen molar-refractivity contribution in [3.63, 3.8) is 0 Å². The fourth-order valence-corrected chi connectivity index (χ4v) is 2.61. The number of nitrogens with one attached hydrogen (secondary N) is 1. The molecule has 0 spiro atoms. The molecule has 1 saturated heterocycles. The molecule has 1 aromatic carbocycles. The van der Waals surface area contributed by atoms with E-state index in [0.29, 0.717) is 12.0 Å². The van der Waals surface area contributed by atoms with Crippen molar-refractivity contribution in [2.45, 2.75) is 19.4 Å². The highest BCUT2D eigenvalue weighted by atomic mass is 19.1. The number of aliphatic hydroxyl groups excluding tert-OH is 1. The molecule has 0 radical (unpaired) electrons. The molecule has 2 N–H and O–H groups in total. The van der Waals surface area contributed by atoms with Crippen LogP contribution in [0.3, 0.4) is 0 Å². The van der Waals surface area contributed by atoms with Crippen LogP contribution in [0, 0.1) is 18.6 Å². The summed E-state index contributed by atoms with van der Waals surface area (Å²) < 4.78 is 28.2. The number of aliphatic hydroxyl groups is 1. The topological polar surface area (TPSA) is 35.5 Å². The highest BCUT2D eigenvalue weighted by molar-refractivity contribution is 5.29. The average Bonchev–Trinajstić information content (AvgIpc) is 2.43. The fraction of sp³-hybridized carbons (Fsp3) is 0.571. The Morgan fingerprint density at radius 1 is 1.32 bits per heavy atom. The van der Waals surface area contributed by atoms with Crippen molar-refractivity contribution in [1.82, 2.24) is 10.2 Å². The van der Waals surface area contributed by atoms with Gasteiger partial charge in [0.05, 0.1) is 0 Å². The Morgan fingerprint density at radius 2 is 2.00 bits per heavy atom.